The van der Waals surface area contributed by atoms with E-state index in [0.717, 1.165) is 28.6 Å². The lowest BCUT2D eigenvalue weighted by Gasteiger charge is -2.33. The molecule has 6 nitrogen and oxygen atoms in total. The second-order valence-electron chi connectivity index (χ2n) is 6.98. The summed E-state index contributed by atoms with van der Waals surface area (Å²) in [6, 6.07) is 1.85. The van der Waals surface area contributed by atoms with Gasteiger partial charge < -0.3 is 0 Å². The molecule has 2 atom stereocenters. The number of fused-ring (bicyclic) bond motifs is 7. The number of aromatic nitrogens is 3. The van der Waals surface area contributed by atoms with Crippen molar-refractivity contribution >= 4 is 10.0 Å². The predicted molar refractivity (Wildman–Crippen MR) is 91.5 cm³/mol. The molecule has 2 aliphatic rings. The van der Waals surface area contributed by atoms with Crippen LogP contribution in [0.4, 0.5) is 22.0 Å². The molecule has 0 unspecified atom stereocenters. The first-order valence-corrected chi connectivity index (χ1v) is 10.1. The molecular weight excluding hydrogens is 431 g/mol. The SMILES string of the molecule is O=S(=O)(c1cccc(C(F)(F)F)n1)N1[C@H]2c3cn[nH]c3C[C@@H]1c1c(F)ccc(F)c12. The fourth-order valence-electron chi connectivity index (χ4n) is 4.16. The van der Waals surface area contributed by atoms with Crippen molar-refractivity contribution in [3.8, 4) is 0 Å². The Hall–Kier alpha value is -2.86. The normalized spacial score (nSPS) is 20.8. The quantitative estimate of drug-likeness (QED) is 0.617. The van der Waals surface area contributed by atoms with Crippen molar-refractivity contribution in [1.29, 1.82) is 0 Å². The molecule has 2 aliphatic heterocycles. The van der Waals surface area contributed by atoms with Crippen molar-refractivity contribution < 1.29 is 30.4 Å². The second-order valence-corrected chi connectivity index (χ2v) is 8.77. The summed E-state index contributed by atoms with van der Waals surface area (Å²) in [6.45, 7) is 0. The summed E-state index contributed by atoms with van der Waals surface area (Å²) >= 11 is 0. The number of halogens is 5. The largest absolute Gasteiger partial charge is 0.433 e. The zero-order chi connectivity index (χ0) is 21.4. The molecule has 4 heterocycles. The van der Waals surface area contributed by atoms with Crippen LogP contribution in [0, 0.1) is 11.6 Å². The number of alkyl halides is 3. The van der Waals surface area contributed by atoms with Gasteiger partial charge in [-0.1, -0.05) is 6.07 Å². The molecule has 0 saturated carbocycles. The Kier molecular flexibility index (Phi) is 3.87. The van der Waals surface area contributed by atoms with Crippen LogP contribution in [-0.4, -0.2) is 27.9 Å². The van der Waals surface area contributed by atoms with Crippen molar-refractivity contribution in [3.63, 3.8) is 0 Å². The van der Waals surface area contributed by atoms with Gasteiger partial charge in [0, 0.05) is 28.8 Å². The summed E-state index contributed by atoms with van der Waals surface area (Å²) in [5.41, 5.74) is -0.879. The van der Waals surface area contributed by atoms with Gasteiger partial charge in [-0.15, -0.1) is 0 Å². The van der Waals surface area contributed by atoms with Crippen LogP contribution < -0.4 is 0 Å². The summed E-state index contributed by atoms with van der Waals surface area (Å²) in [6.07, 6.45) is -3.60. The van der Waals surface area contributed by atoms with Gasteiger partial charge in [0.2, 0.25) is 0 Å². The number of aromatic amines is 1. The van der Waals surface area contributed by atoms with Crippen molar-refractivity contribution in [2.75, 3.05) is 0 Å². The Bertz CT molecular complexity index is 1290. The number of benzene rings is 1. The van der Waals surface area contributed by atoms with Crippen LogP contribution >= 0.6 is 0 Å². The van der Waals surface area contributed by atoms with E-state index in [9.17, 15) is 30.4 Å². The third kappa shape index (κ3) is 2.53. The maximum atomic E-state index is 14.7. The molecule has 5 rings (SSSR count). The van der Waals surface area contributed by atoms with Gasteiger partial charge in [-0.25, -0.2) is 22.2 Å². The molecule has 0 saturated heterocycles. The Morgan fingerprint density at radius 3 is 2.47 bits per heavy atom. The van der Waals surface area contributed by atoms with E-state index in [0.29, 0.717) is 17.3 Å². The van der Waals surface area contributed by atoms with Crippen LogP contribution in [0.2, 0.25) is 0 Å². The molecule has 0 aliphatic carbocycles. The monoisotopic (exact) mass is 442 g/mol. The van der Waals surface area contributed by atoms with Crippen LogP contribution in [0.15, 0.2) is 41.6 Å². The fraction of sp³-hybridized carbons (Fsp3) is 0.222. The van der Waals surface area contributed by atoms with E-state index in [1.54, 1.807) is 0 Å². The van der Waals surface area contributed by atoms with Crippen molar-refractivity contribution in [1.82, 2.24) is 19.5 Å². The standard InChI is InChI=1S/C18H11F5N4O2S/c19-9-4-5-10(20)16-15(9)12-6-11-8(7-24-26-11)17(16)27(12)30(28,29)14-3-1-2-13(25-14)18(21,22)23/h1-5,7,12,17H,6H2,(H,24,26)/t12-,17+/m1/s1. The highest BCUT2D eigenvalue weighted by Crippen LogP contribution is 2.55. The molecule has 0 fully saturated rings. The Morgan fingerprint density at radius 2 is 1.77 bits per heavy atom. The summed E-state index contributed by atoms with van der Waals surface area (Å²) in [5.74, 6) is -1.61. The fourth-order valence-corrected chi connectivity index (χ4v) is 5.86. The van der Waals surface area contributed by atoms with Gasteiger partial charge in [0.05, 0.1) is 18.3 Å². The van der Waals surface area contributed by atoms with Crippen LogP contribution in [0.25, 0.3) is 0 Å². The third-order valence-electron chi connectivity index (χ3n) is 5.35. The lowest BCUT2D eigenvalue weighted by molar-refractivity contribution is -0.141. The average molecular weight is 442 g/mol. The van der Waals surface area contributed by atoms with Crippen molar-refractivity contribution in [2.45, 2.75) is 29.7 Å². The Morgan fingerprint density at radius 1 is 1.07 bits per heavy atom. The molecule has 2 aromatic heterocycles. The molecule has 3 aromatic rings. The lowest BCUT2D eigenvalue weighted by atomic mass is 10.00. The molecule has 0 amide bonds. The molecule has 2 bridgehead atoms. The highest BCUT2D eigenvalue weighted by molar-refractivity contribution is 7.89. The summed E-state index contributed by atoms with van der Waals surface area (Å²) in [7, 11) is -4.66. The van der Waals surface area contributed by atoms with Gasteiger partial charge in [-0.2, -0.15) is 22.6 Å². The third-order valence-corrected chi connectivity index (χ3v) is 7.12. The highest BCUT2D eigenvalue weighted by Gasteiger charge is 2.53. The molecule has 12 heteroatoms. The minimum Gasteiger partial charge on any atom is -0.282 e. The summed E-state index contributed by atoms with van der Waals surface area (Å²) in [5, 5.41) is 5.69. The number of H-pyrrole nitrogens is 1. The maximum Gasteiger partial charge on any atom is 0.433 e. The average Bonchev–Trinajstić information content (AvgIpc) is 3.26. The zero-order valence-electron chi connectivity index (χ0n) is 14.8. The topological polar surface area (TPSA) is 79.0 Å². The first-order valence-electron chi connectivity index (χ1n) is 8.68. The molecule has 30 heavy (non-hydrogen) atoms. The molecule has 0 spiro atoms. The van der Waals surface area contributed by atoms with Crippen LogP contribution in [0.3, 0.4) is 0 Å². The molecule has 156 valence electrons. The zero-order valence-corrected chi connectivity index (χ0v) is 15.6. The smallest absolute Gasteiger partial charge is 0.282 e. The van der Waals surface area contributed by atoms with Gasteiger partial charge in [-0.3, -0.25) is 5.10 Å². The van der Waals surface area contributed by atoms with Gasteiger partial charge in [0.1, 0.15) is 17.3 Å². The van der Waals surface area contributed by atoms with E-state index < -0.39 is 50.6 Å². The van der Waals surface area contributed by atoms with Crippen molar-refractivity contribution in [2.24, 2.45) is 0 Å². The Balaban J connectivity index is 1.73. The van der Waals surface area contributed by atoms with Gasteiger partial charge >= 0.3 is 6.18 Å². The first kappa shape index (κ1) is 19.1. The van der Waals surface area contributed by atoms with Crippen LogP contribution in [0.1, 0.15) is 40.2 Å². The molecule has 1 N–H and O–H groups in total. The van der Waals surface area contributed by atoms with E-state index in [2.05, 4.69) is 15.2 Å². The van der Waals surface area contributed by atoms with Crippen LogP contribution in [0.5, 0.6) is 0 Å². The minimum atomic E-state index is -4.86. The minimum absolute atomic E-state index is 0.0442. The number of nitrogens with zero attached hydrogens (tertiary/aromatic N) is 3. The lowest BCUT2D eigenvalue weighted by Crippen LogP contribution is -2.38. The molecular formula is C18H11F5N4O2S. The second kappa shape index (κ2) is 6.08. The van der Waals surface area contributed by atoms with Gasteiger partial charge in [-0.05, 0) is 24.3 Å². The first-order chi connectivity index (χ1) is 14.1. The predicted octanol–water partition coefficient (Wildman–Crippen LogP) is 3.49. The van der Waals surface area contributed by atoms with Gasteiger partial charge in [0.25, 0.3) is 10.0 Å². The van der Waals surface area contributed by atoms with Crippen LogP contribution in [-0.2, 0) is 22.6 Å². The summed E-state index contributed by atoms with van der Waals surface area (Å²) < 4.78 is 96.1. The number of pyridine rings is 1. The van der Waals surface area contributed by atoms with E-state index in [1.807, 2.05) is 0 Å². The molecule has 0 radical (unpaired) electrons. The maximum absolute atomic E-state index is 14.7. The van der Waals surface area contributed by atoms with E-state index in [1.165, 1.54) is 6.20 Å². The van der Waals surface area contributed by atoms with E-state index in [-0.39, 0.29) is 17.5 Å². The number of sulfonamides is 1. The van der Waals surface area contributed by atoms with E-state index in [4.69, 9.17) is 0 Å². The number of hydrogen-bond donors (Lipinski definition) is 1. The summed E-state index contributed by atoms with van der Waals surface area (Å²) in [4.78, 5) is 3.27. The Labute approximate surface area is 166 Å². The van der Waals surface area contributed by atoms with Crippen molar-refractivity contribution in [3.05, 3.63) is 76.2 Å². The highest BCUT2D eigenvalue weighted by atomic mass is 32.2. The number of hydrogen-bond acceptors (Lipinski definition) is 4. The number of nitrogens with one attached hydrogen (secondary N) is 1. The number of rotatable bonds is 2. The van der Waals surface area contributed by atoms with E-state index >= 15 is 0 Å². The van der Waals surface area contributed by atoms with Gasteiger partial charge in [0.15, 0.2) is 5.03 Å². The molecule has 1 aromatic carbocycles.